The lowest BCUT2D eigenvalue weighted by Gasteiger charge is -2.19. The van der Waals surface area contributed by atoms with Crippen LogP contribution in [0.25, 0.3) is 0 Å². The van der Waals surface area contributed by atoms with Crippen LogP contribution in [-0.2, 0) is 4.74 Å². The third-order valence-corrected chi connectivity index (χ3v) is 3.99. The Kier molecular flexibility index (Phi) is 4.45. The van der Waals surface area contributed by atoms with Crippen LogP contribution in [0.15, 0.2) is 0 Å². The van der Waals surface area contributed by atoms with E-state index in [-0.39, 0.29) is 0 Å². The summed E-state index contributed by atoms with van der Waals surface area (Å²) in [6, 6.07) is 0.880. The molecule has 0 spiro atoms. The van der Waals surface area contributed by atoms with E-state index in [4.69, 9.17) is 4.74 Å². The Labute approximate surface area is 93.8 Å². The zero-order valence-corrected chi connectivity index (χ0v) is 10.0. The molecular formula is C13H25NO. The van der Waals surface area contributed by atoms with Crippen LogP contribution in [0.1, 0.15) is 44.9 Å². The first-order valence-corrected chi connectivity index (χ1v) is 6.62. The standard InChI is InChI=1S/C13H25NO/c1-15-9-3-6-11-4-2-5-12(11)10-14-13-7-8-13/h11-14H,2-10H2,1H3. The zero-order valence-electron chi connectivity index (χ0n) is 10.0. The van der Waals surface area contributed by atoms with E-state index in [1.807, 2.05) is 0 Å². The number of ether oxygens (including phenoxy) is 1. The maximum atomic E-state index is 5.13. The highest BCUT2D eigenvalue weighted by molar-refractivity contribution is 4.85. The Morgan fingerprint density at radius 1 is 1.13 bits per heavy atom. The van der Waals surface area contributed by atoms with E-state index in [9.17, 15) is 0 Å². The minimum Gasteiger partial charge on any atom is -0.385 e. The molecule has 88 valence electrons. The molecule has 0 aromatic heterocycles. The Morgan fingerprint density at radius 2 is 1.93 bits per heavy atom. The van der Waals surface area contributed by atoms with Crippen LogP contribution in [0.3, 0.4) is 0 Å². The van der Waals surface area contributed by atoms with E-state index in [1.54, 1.807) is 7.11 Å². The number of hydrogen-bond acceptors (Lipinski definition) is 2. The summed E-state index contributed by atoms with van der Waals surface area (Å²) in [5, 5.41) is 3.69. The van der Waals surface area contributed by atoms with E-state index in [2.05, 4.69) is 5.32 Å². The smallest absolute Gasteiger partial charge is 0.0462 e. The van der Waals surface area contributed by atoms with Crippen molar-refractivity contribution in [2.75, 3.05) is 20.3 Å². The number of methoxy groups -OCH3 is 1. The molecule has 2 nitrogen and oxygen atoms in total. The van der Waals surface area contributed by atoms with Crippen LogP contribution in [0.4, 0.5) is 0 Å². The molecule has 2 unspecified atom stereocenters. The highest BCUT2D eigenvalue weighted by Crippen LogP contribution is 2.35. The Balaban J connectivity index is 1.62. The molecule has 0 aromatic rings. The van der Waals surface area contributed by atoms with Crippen molar-refractivity contribution in [3.63, 3.8) is 0 Å². The highest BCUT2D eigenvalue weighted by atomic mass is 16.5. The van der Waals surface area contributed by atoms with E-state index in [0.717, 1.165) is 24.5 Å². The first-order chi connectivity index (χ1) is 7.40. The average Bonchev–Trinajstić information content (AvgIpc) is 2.97. The topological polar surface area (TPSA) is 21.3 Å². The fourth-order valence-corrected chi connectivity index (χ4v) is 2.86. The van der Waals surface area contributed by atoms with Crippen LogP contribution < -0.4 is 5.32 Å². The van der Waals surface area contributed by atoms with Gasteiger partial charge in [-0.3, -0.25) is 0 Å². The van der Waals surface area contributed by atoms with Gasteiger partial charge in [-0.05, 0) is 50.5 Å². The Hall–Kier alpha value is -0.0800. The van der Waals surface area contributed by atoms with Crippen LogP contribution in [-0.4, -0.2) is 26.3 Å². The largest absolute Gasteiger partial charge is 0.385 e. The fourth-order valence-electron chi connectivity index (χ4n) is 2.86. The molecular weight excluding hydrogens is 186 g/mol. The SMILES string of the molecule is COCCCC1CCCC1CNC1CC1. The van der Waals surface area contributed by atoms with Gasteiger partial charge >= 0.3 is 0 Å². The Bertz CT molecular complexity index is 179. The second-order valence-corrected chi connectivity index (χ2v) is 5.27. The van der Waals surface area contributed by atoms with Gasteiger partial charge in [-0.1, -0.05) is 12.8 Å². The number of nitrogens with one attached hydrogen (secondary N) is 1. The van der Waals surface area contributed by atoms with Crippen LogP contribution in [0.5, 0.6) is 0 Å². The molecule has 0 radical (unpaired) electrons. The molecule has 0 amide bonds. The molecule has 2 aliphatic rings. The lowest BCUT2D eigenvalue weighted by molar-refractivity contribution is 0.182. The normalized spacial score (nSPS) is 31.0. The van der Waals surface area contributed by atoms with Crippen molar-refractivity contribution in [1.82, 2.24) is 5.32 Å². The summed E-state index contributed by atoms with van der Waals surface area (Å²) in [6.45, 7) is 2.22. The van der Waals surface area contributed by atoms with Gasteiger partial charge in [0.25, 0.3) is 0 Å². The van der Waals surface area contributed by atoms with Gasteiger partial charge in [0.05, 0.1) is 0 Å². The van der Waals surface area contributed by atoms with Gasteiger partial charge in [0.1, 0.15) is 0 Å². The van der Waals surface area contributed by atoms with Gasteiger partial charge in [0.2, 0.25) is 0 Å². The van der Waals surface area contributed by atoms with Crippen molar-refractivity contribution in [2.45, 2.75) is 51.0 Å². The third kappa shape index (κ3) is 3.76. The summed E-state index contributed by atoms with van der Waals surface area (Å²) in [6.07, 6.45) is 9.83. The summed E-state index contributed by atoms with van der Waals surface area (Å²) >= 11 is 0. The molecule has 2 rings (SSSR count). The predicted octanol–water partition coefficient (Wildman–Crippen LogP) is 2.58. The minimum absolute atomic E-state index is 0.880. The second kappa shape index (κ2) is 5.86. The third-order valence-electron chi connectivity index (χ3n) is 3.99. The van der Waals surface area contributed by atoms with E-state index in [1.165, 1.54) is 51.5 Å². The lowest BCUT2D eigenvalue weighted by atomic mass is 9.91. The second-order valence-electron chi connectivity index (χ2n) is 5.27. The lowest BCUT2D eigenvalue weighted by Crippen LogP contribution is -2.27. The highest BCUT2D eigenvalue weighted by Gasteiger charge is 2.28. The summed E-state index contributed by atoms with van der Waals surface area (Å²) in [4.78, 5) is 0. The molecule has 0 aliphatic heterocycles. The van der Waals surface area contributed by atoms with Crippen molar-refractivity contribution in [3.05, 3.63) is 0 Å². The molecule has 0 saturated heterocycles. The van der Waals surface area contributed by atoms with E-state index >= 15 is 0 Å². The zero-order chi connectivity index (χ0) is 10.5. The van der Waals surface area contributed by atoms with Gasteiger partial charge in [-0.15, -0.1) is 0 Å². The number of hydrogen-bond donors (Lipinski definition) is 1. The molecule has 0 heterocycles. The van der Waals surface area contributed by atoms with Crippen molar-refractivity contribution in [1.29, 1.82) is 0 Å². The van der Waals surface area contributed by atoms with Crippen LogP contribution in [0.2, 0.25) is 0 Å². The fraction of sp³-hybridized carbons (Fsp3) is 1.00. The van der Waals surface area contributed by atoms with Gasteiger partial charge in [-0.2, -0.15) is 0 Å². The summed E-state index contributed by atoms with van der Waals surface area (Å²) in [7, 11) is 1.81. The summed E-state index contributed by atoms with van der Waals surface area (Å²) in [5.41, 5.74) is 0. The van der Waals surface area contributed by atoms with Crippen LogP contribution in [0, 0.1) is 11.8 Å². The molecule has 2 heteroatoms. The molecule has 2 atom stereocenters. The Morgan fingerprint density at radius 3 is 2.67 bits per heavy atom. The maximum absolute atomic E-state index is 5.13. The quantitative estimate of drug-likeness (QED) is 0.654. The minimum atomic E-state index is 0.880. The van der Waals surface area contributed by atoms with E-state index in [0.29, 0.717) is 0 Å². The van der Waals surface area contributed by atoms with Crippen LogP contribution >= 0.6 is 0 Å². The van der Waals surface area contributed by atoms with Crippen molar-refractivity contribution in [2.24, 2.45) is 11.8 Å². The monoisotopic (exact) mass is 211 g/mol. The molecule has 0 aromatic carbocycles. The number of rotatable bonds is 7. The molecule has 2 aliphatic carbocycles. The van der Waals surface area contributed by atoms with Gasteiger partial charge in [0, 0.05) is 19.8 Å². The van der Waals surface area contributed by atoms with Crippen molar-refractivity contribution in [3.8, 4) is 0 Å². The first kappa shape index (κ1) is 11.4. The molecule has 2 fully saturated rings. The molecule has 2 saturated carbocycles. The summed E-state index contributed by atoms with van der Waals surface area (Å²) < 4.78 is 5.13. The van der Waals surface area contributed by atoms with Crippen molar-refractivity contribution < 1.29 is 4.74 Å². The predicted molar refractivity (Wildman–Crippen MR) is 63.0 cm³/mol. The molecule has 0 bridgehead atoms. The molecule has 1 N–H and O–H groups in total. The van der Waals surface area contributed by atoms with Gasteiger partial charge in [0.15, 0.2) is 0 Å². The van der Waals surface area contributed by atoms with Crippen molar-refractivity contribution >= 4 is 0 Å². The average molecular weight is 211 g/mol. The first-order valence-electron chi connectivity index (χ1n) is 6.62. The maximum Gasteiger partial charge on any atom is 0.0462 e. The molecule has 15 heavy (non-hydrogen) atoms. The van der Waals surface area contributed by atoms with E-state index < -0.39 is 0 Å². The summed E-state index contributed by atoms with van der Waals surface area (Å²) in [5.74, 6) is 1.94. The van der Waals surface area contributed by atoms with Gasteiger partial charge < -0.3 is 10.1 Å². The van der Waals surface area contributed by atoms with Gasteiger partial charge in [-0.25, -0.2) is 0 Å².